The molecule has 9 heteroatoms. The minimum absolute atomic E-state index is 0.0158. The molecule has 2 aromatic carbocycles. The van der Waals surface area contributed by atoms with Gasteiger partial charge in [-0.25, -0.2) is 10.4 Å². The molecule has 0 fully saturated rings. The van der Waals surface area contributed by atoms with E-state index < -0.39 is 4.92 Å². The van der Waals surface area contributed by atoms with Gasteiger partial charge in [-0.2, -0.15) is 5.10 Å². The van der Waals surface area contributed by atoms with Crippen molar-refractivity contribution in [3.63, 3.8) is 0 Å². The number of hydrogen-bond acceptors (Lipinski definition) is 7. The first-order chi connectivity index (χ1) is 14.9. The Labute approximate surface area is 179 Å². The van der Waals surface area contributed by atoms with Crippen molar-refractivity contribution in [2.45, 2.75) is 39.8 Å². The van der Waals surface area contributed by atoms with E-state index in [1.165, 1.54) is 16.7 Å². The minimum atomic E-state index is -0.452. The third-order valence-electron chi connectivity index (χ3n) is 4.64. The van der Waals surface area contributed by atoms with E-state index >= 15 is 0 Å². The number of ether oxygens (including phenoxy) is 1. The fourth-order valence-corrected chi connectivity index (χ4v) is 3.05. The lowest BCUT2D eigenvalue weighted by molar-refractivity contribution is -0.384. The molecule has 3 aromatic rings. The highest BCUT2D eigenvalue weighted by Gasteiger charge is 2.12. The van der Waals surface area contributed by atoms with E-state index in [0.29, 0.717) is 47.7 Å². The zero-order chi connectivity index (χ0) is 22.4. The summed E-state index contributed by atoms with van der Waals surface area (Å²) in [6.07, 6.45) is 0.756. The Hall–Kier alpha value is -3.59. The number of nitro groups is 1. The van der Waals surface area contributed by atoms with Crippen LogP contribution in [-0.4, -0.2) is 32.9 Å². The van der Waals surface area contributed by atoms with Gasteiger partial charge in [-0.05, 0) is 39.3 Å². The van der Waals surface area contributed by atoms with E-state index in [-0.39, 0.29) is 17.4 Å². The van der Waals surface area contributed by atoms with E-state index in [4.69, 9.17) is 4.74 Å². The highest BCUT2D eigenvalue weighted by molar-refractivity contribution is 5.99. The molecule has 0 bridgehead atoms. The van der Waals surface area contributed by atoms with Crippen molar-refractivity contribution < 1.29 is 9.66 Å². The molecule has 0 aliphatic rings. The van der Waals surface area contributed by atoms with Crippen LogP contribution in [0.3, 0.4) is 0 Å². The Balaban J connectivity index is 1.91. The number of anilines is 1. The van der Waals surface area contributed by atoms with Gasteiger partial charge < -0.3 is 4.74 Å². The molecule has 0 saturated carbocycles. The monoisotopic (exact) mass is 423 g/mol. The lowest BCUT2D eigenvalue weighted by Crippen LogP contribution is -2.25. The normalized spacial score (nSPS) is 11.8. The first kappa shape index (κ1) is 22.1. The van der Waals surface area contributed by atoms with E-state index in [1.807, 2.05) is 19.9 Å². The largest absolute Gasteiger partial charge is 0.379 e. The number of hydrazone groups is 1. The molecule has 0 radical (unpaired) electrons. The van der Waals surface area contributed by atoms with Gasteiger partial charge in [0.1, 0.15) is 0 Å². The summed E-state index contributed by atoms with van der Waals surface area (Å²) >= 11 is 0. The molecule has 0 spiro atoms. The number of nitro benzene ring substituents is 1. The van der Waals surface area contributed by atoms with Crippen LogP contribution in [0.25, 0.3) is 10.9 Å². The highest BCUT2D eigenvalue weighted by atomic mass is 16.6. The SMILES string of the molecule is C/C(=N/Nc1nc2ccccc2c(=O)n1CCCOC(C)C)c1cccc([N+](=O)[O-])c1. The number of benzene rings is 2. The number of aromatic nitrogens is 2. The number of para-hydroxylation sites is 1. The second kappa shape index (κ2) is 9.94. The summed E-state index contributed by atoms with van der Waals surface area (Å²) in [4.78, 5) is 28.2. The molecule has 1 heterocycles. The summed E-state index contributed by atoms with van der Waals surface area (Å²) in [5.74, 6) is 0.304. The van der Waals surface area contributed by atoms with Crippen molar-refractivity contribution in [2.75, 3.05) is 12.0 Å². The van der Waals surface area contributed by atoms with Crippen molar-refractivity contribution >= 4 is 28.3 Å². The summed E-state index contributed by atoms with van der Waals surface area (Å²) in [6, 6.07) is 13.3. The summed E-state index contributed by atoms with van der Waals surface area (Å²) in [5, 5.41) is 15.9. The Morgan fingerprint density at radius 1 is 1.26 bits per heavy atom. The third kappa shape index (κ3) is 5.52. The van der Waals surface area contributed by atoms with Crippen molar-refractivity contribution in [2.24, 2.45) is 5.10 Å². The molecular formula is C22H25N5O4. The van der Waals surface area contributed by atoms with Crippen LogP contribution in [0, 0.1) is 10.1 Å². The van der Waals surface area contributed by atoms with Crippen LogP contribution >= 0.6 is 0 Å². The van der Waals surface area contributed by atoms with Crippen LogP contribution in [0.15, 0.2) is 58.4 Å². The second-order valence-corrected chi connectivity index (χ2v) is 7.30. The Morgan fingerprint density at radius 3 is 2.77 bits per heavy atom. The fourth-order valence-electron chi connectivity index (χ4n) is 3.05. The van der Waals surface area contributed by atoms with Gasteiger partial charge in [0.05, 0.1) is 27.6 Å². The molecule has 1 aromatic heterocycles. The summed E-state index contributed by atoms with van der Waals surface area (Å²) in [7, 11) is 0. The van der Waals surface area contributed by atoms with Crippen LogP contribution in [-0.2, 0) is 11.3 Å². The Kier molecular flexibility index (Phi) is 7.09. The predicted molar refractivity (Wildman–Crippen MR) is 121 cm³/mol. The van der Waals surface area contributed by atoms with Crippen molar-refractivity contribution in [3.05, 3.63) is 74.6 Å². The molecule has 9 nitrogen and oxygen atoms in total. The van der Waals surface area contributed by atoms with Crippen LogP contribution in [0.5, 0.6) is 0 Å². The molecule has 0 unspecified atom stereocenters. The lowest BCUT2D eigenvalue weighted by atomic mass is 10.1. The van der Waals surface area contributed by atoms with Crippen LogP contribution in [0.2, 0.25) is 0 Å². The lowest BCUT2D eigenvalue weighted by Gasteiger charge is -2.14. The molecule has 0 amide bonds. The quantitative estimate of drug-likeness (QED) is 0.241. The van der Waals surface area contributed by atoms with Gasteiger partial charge in [0.15, 0.2) is 0 Å². The van der Waals surface area contributed by atoms with Crippen LogP contribution < -0.4 is 11.0 Å². The number of hydrogen-bond donors (Lipinski definition) is 1. The van der Waals surface area contributed by atoms with Gasteiger partial charge in [-0.1, -0.05) is 24.3 Å². The highest BCUT2D eigenvalue weighted by Crippen LogP contribution is 2.15. The molecular weight excluding hydrogens is 398 g/mol. The number of nitrogens with one attached hydrogen (secondary N) is 1. The number of nitrogens with zero attached hydrogens (tertiary/aromatic N) is 4. The van der Waals surface area contributed by atoms with Crippen molar-refractivity contribution in [1.29, 1.82) is 0 Å². The molecule has 162 valence electrons. The van der Waals surface area contributed by atoms with E-state index in [2.05, 4.69) is 15.5 Å². The maximum absolute atomic E-state index is 13.0. The average molecular weight is 423 g/mol. The minimum Gasteiger partial charge on any atom is -0.379 e. The maximum Gasteiger partial charge on any atom is 0.270 e. The molecule has 3 rings (SSSR count). The molecule has 0 aliphatic heterocycles. The van der Waals surface area contributed by atoms with Crippen molar-refractivity contribution in [3.8, 4) is 0 Å². The molecule has 0 saturated heterocycles. The fraction of sp³-hybridized carbons (Fsp3) is 0.318. The zero-order valence-electron chi connectivity index (χ0n) is 17.7. The smallest absolute Gasteiger partial charge is 0.270 e. The standard InChI is InChI=1S/C22H25N5O4/c1-15(2)31-13-7-12-26-21(28)19-10-4-5-11-20(19)23-22(26)25-24-16(3)17-8-6-9-18(14-17)27(29)30/h4-6,8-11,14-15H,7,12-13H2,1-3H3,(H,23,25)/b24-16-. The van der Waals surface area contributed by atoms with Gasteiger partial charge in [0.25, 0.3) is 11.2 Å². The summed E-state index contributed by atoms with van der Waals surface area (Å²) in [6.45, 7) is 6.58. The molecule has 31 heavy (non-hydrogen) atoms. The summed E-state index contributed by atoms with van der Waals surface area (Å²) < 4.78 is 7.12. The first-order valence-electron chi connectivity index (χ1n) is 10.0. The van der Waals surface area contributed by atoms with E-state index in [1.54, 1.807) is 37.3 Å². The van der Waals surface area contributed by atoms with Gasteiger partial charge in [-0.3, -0.25) is 19.5 Å². The topological polar surface area (TPSA) is 112 Å². The summed E-state index contributed by atoms with van der Waals surface area (Å²) in [5.41, 5.74) is 4.38. The number of non-ortho nitro benzene ring substituents is 1. The predicted octanol–water partition coefficient (Wildman–Crippen LogP) is 3.96. The molecule has 0 aliphatic carbocycles. The van der Waals surface area contributed by atoms with Gasteiger partial charge >= 0.3 is 0 Å². The van der Waals surface area contributed by atoms with Gasteiger partial charge in [-0.15, -0.1) is 0 Å². The van der Waals surface area contributed by atoms with Gasteiger partial charge in [0, 0.05) is 30.8 Å². The number of rotatable bonds is 9. The number of fused-ring (bicyclic) bond motifs is 1. The molecule has 1 N–H and O–H groups in total. The van der Waals surface area contributed by atoms with E-state index in [9.17, 15) is 14.9 Å². The molecule has 0 atom stereocenters. The zero-order valence-corrected chi connectivity index (χ0v) is 17.7. The van der Waals surface area contributed by atoms with Gasteiger partial charge in [0.2, 0.25) is 5.95 Å². The van der Waals surface area contributed by atoms with E-state index in [0.717, 1.165) is 0 Å². The first-order valence-corrected chi connectivity index (χ1v) is 10.0. The van der Waals surface area contributed by atoms with Crippen LogP contribution in [0.4, 0.5) is 11.6 Å². The second-order valence-electron chi connectivity index (χ2n) is 7.30. The Bertz CT molecular complexity index is 1170. The third-order valence-corrected chi connectivity index (χ3v) is 4.64. The van der Waals surface area contributed by atoms with Crippen LogP contribution in [0.1, 0.15) is 32.8 Å². The Morgan fingerprint density at radius 2 is 2.03 bits per heavy atom. The maximum atomic E-state index is 13.0. The average Bonchev–Trinajstić information content (AvgIpc) is 2.76. The van der Waals surface area contributed by atoms with Crippen molar-refractivity contribution in [1.82, 2.24) is 9.55 Å².